The molecule has 1 heterocycles. The van der Waals surface area contributed by atoms with Crippen LogP contribution in [0.3, 0.4) is 0 Å². The number of aromatic nitrogens is 2. The van der Waals surface area contributed by atoms with Crippen LogP contribution in [0.15, 0.2) is 53.3 Å². The summed E-state index contributed by atoms with van der Waals surface area (Å²) >= 11 is 0. The summed E-state index contributed by atoms with van der Waals surface area (Å²) in [6.07, 6.45) is 1.71. The summed E-state index contributed by atoms with van der Waals surface area (Å²) in [6.45, 7) is 2.48. The number of carbonyl (C=O) groups is 1. The van der Waals surface area contributed by atoms with Crippen molar-refractivity contribution in [2.24, 2.45) is 0 Å². The van der Waals surface area contributed by atoms with Gasteiger partial charge in [-0.15, -0.1) is 0 Å². The van der Waals surface area contributed by atoms with Gasteiger partial charge in [-0.05, 0) is 36.8 Å². The maximum absolute atomic E-state index is 13.0. The molecule has 0 unspecified atom stereocenters. The molecular weight excluding hydrogens is 321 g/mol. The fraction of sp³-hybridized carbons (Fsp3) is 0.211. The van der Waals surface area contributed by atoms with E-state index >= 15 is 0 Å². The maximum atomic E-state index is 13.0. The molecule has 0 spiro atoms. The number of fused-ring (bicyclic) bond motifs is 1. The van der Waals surface area contributed by atoms with E-state index in [0.29, 0.717) is 23.0 Å². The first-order valence-corrected chi connectivity index (χ1v) is 8.17. The van der Waals surface area contributed by atoms with Gasteiger partial charge in [0, 0.05) is 17.6 Å². The second-order valence-corrected chi connectivity index (χ2v) is 5.74. The molecule has 0 fully saturated rings. The monoisotopic (exact) mass is 339 g/mol. The molecule has 6 heteroatoms. The standard InChI is InChI=1S/C19H18FN3O2/c1-2-3-12-23-19(25)16-7-5-4-6-15(16)17(22-23)18(24)21-14-10-8-13(20)9-11-14/h4-11H,2-3,12H2,1H3,(H,21,24). The van der Waals surface area contributed by atoms with E-state index in [4.69, 9.17) is 0 Å². The van der Waals surface area contributed by atoms with Gasteiger partial charge in [-0.25, -0.2) is 9.07 Å². The minimum atomic E-state index is -0.437. The molecule has 2 aromatic carbocycles. The smallest absolute Gasteiger partial charge is 0.276 e. The van der Waals surface area contributed by atoms with Gasteiger partial charge in [-0.3, -0.25) is 9.59 Å². The lowest BCUT2D eigenvalue weighted by Crippen LogP contribution is -2.27. The highest BCUT2D eigenvalue weighted by molar-refractivity contribution is 6.11. The summed E-state index contributed by atoms with van der Waals surface area (Å²) in [4.78, 5) is 25.2. The van der Waals surface area contributed by atoms with Crippen molar-refractivity contribution in [3.8, 4) is 0 Å². The van der Waals surface area contributed by atoms with E-state index in [1.807, 2.05) is 6.92 Å². The lowest BCUT2D eigenvalue weighted by Gasteiger charge is -2.11. The average molecular weight is 339 g/mol. The van der Waals surface area contributed by atoms with Crippen LogP contribution in [-0.4, -0.2) is 15.7 Å². The zero-order valence-corrected chi connectivity index (χ0v) is 13.8. The Labute approximate surface area is 144 Å². The van der Waals surface area contributed by atoms with Crippen molar-refractivity contribution in [2.45, 2.75) is 26.3 Å². The number of halogens is 1. The second kappa shape index (κ2) is 7.25. The zero-order valence-electron chi connectivity index (χ0n) is 13.8. The predicted octanol–water partition coefficient (Wildman–Crippen LogP) is 3.59. The average Bonchev–Trinajstić information content (AvgIpc) is 2.63. The van der Waals surface area contributed by atoms with Gasteiger partial charge in [-0.2, -0.15) is 5.10 Å². The summed E-state index contributed by atoms with van der Waals surface area (Å²) in [5, 5.41) is 7.92. The molecule has 0 radical (unpaired) electrons. The van der Waals surface area contributed by atoms with E-state index in [1.54, 1.807) is 24.3 Å². The SMILES string of the molecule is CCCCn1nc(C(=O)Nc2ccc(F)cc2)c2ccccc2c1=O. The number of anilines is 1. The Bertz CT molecular complexity index is 965. The minimum Gasteiger partial charge on any atom is -0.321 e. The molecule has 1 aromatic heterocycles. The van der Waals surface area contributed by atoms with E-state index in [-0.39, 0.29) is 17.1 Å². The van der Waals surface area contributed by atoms with E-state index < -0.39 is 5.91 Å². The number of carbonyl (C=O) groups excluding carboxylic acids is 1. The molecule has 0 aliphatic carbocycles. The van der Waals surface area contributed by atoms with Crippen LogP contribution < -0.4 is 10.9 Å². The lowest BCUT2D eigenvalue weighted by atomic mass is 10.1. The molecule has 128 valence electrons. The van der Waals surface area contributed by atoms with Crippen LogP contribution in [0.5, 0.6) is 0 Å². The van der Waals surface area contributed by atoms with Crippen LogP contribution in [0, 0.1) is 5.82 Å². The Morgan fingerprint density at radius 1 is 1.12 bits per heavy atom. The highest BCUT2D eigenvalue weighted by atomic mass is 19.1. The van der Waals surface area contributed by atoms with Crippen molar-refractivity contribution in [3.63, 3.8) is 0 Å². The van der Waals surface area contributed by atoms with E-state index in [2.05, 4.69) is 10.4 Å². The molecule has 3 rings (SSSR count). The number of nitrogens with one attached hydrogen (secondary N) is 1. The Morgan fingerprint density at radius 2 is 1.80 bits per heavy atom. The van der Waals surface area contributed by atoms with E-state index in [1.165, 1.54) is 28.9 Å². The number of rotatable bonds is 5. The third-order valence-corrected chi connectivity index (χ3v) is 3.91. The van der Waals surface area contributed by atoms with Gasteiger partial charge in [0.15, 0.2) is 5.69 Å². The molecule has 0 saturated heterocycles. The summed E-state index contributed by atoms with van der Waals surface area (Å²) in [5.74, 6) is -0.817. The van der Waals surface area contributed by atoms with Crippen LogP contribution >= 0.6 is 0 Å². The first kappa shape index (κ1) is 16.8. The first-order chi connectivity index (χ1) is 12.1. The van der Waals surface area contributed by atoms with Crippen LogP contribution in [0.1, 0.15) is 30.3 Å². The van der Waals surface area contributed by atoms with Crippen LogP contribution in [-0.2, 0) is 6.54 Å². The van der Waals surface area contributed by atoms with Gasteiger partial charge in [0.05, 0.1) is 5.39 Å². The van der Waals surface area contributed by atoms with Gasteiger partial charge in [0.2, 0.25) is 0 Å². The highest BCUT2D eigenvalue weighted by Crippen LogP contribution is 2.16. The van der Waals surface area contributed by atoms with Crippen molar-refractivity contribution in [1.29, 1.82) is 0 Å². The highest BCUT2D eigenvalue weighted by Gasteiger charge is 2.16. The van der Waals surface area contributed by atoms with Crippen LogP contribution in [0.25, 0.3) is 10.8 Å². The fourth-order valence-corrected chi connectivity index (χ4v) is 2.59. The second-order valence-electron chi connectivity index (χ2n) is 5.74. The van der Waals surface area contributed by atoms with Gasteiger partial charge < -0.3 is 5.32 Å². The molecular formula is C19H18FN3O2. The quantitative estimate of drug-likeness (QED) is 0.773. The number of benzene rings is 2. The number of hydrogen-bond acceptors (Lipinski definition) is 3. The molecule has 0 atom stereocenters. The van der Waals surface area contributed by atoms with E-state index in [9.17, 15) is 14.0 Å². The van der Waals surface area contributed by atoms with E-state index in [0.717, 1.165) is 12.8 Å². The zero-order chi connectivity index (χ0) is 17.8. The predicted molar refractivity (Wildman–Crippen MR) is 95.3 cm³/mol. The molecule has 1 amide bonds. The van der Waals surface area contributed by atoms with Crippen molar-refractivity contribution in [2.75, 3.05) is 5.32 Å². The molecule has 25 heavy (non-hydrogen) atoms. The van der Waals surface area contributed by atoms with Gasteiger partial charge in [0.1, 0.15) is 5.82 Å². The Balaban J connectivity index is 2.04. The van der Waals surface area contributed by atoms with Crippen LogP contribution in [0.4, 0.5) is 10.1 Å². The van der Waals surface area contributed by atoms with Crippen LogP contribution in [0.2, 0.25) is 0 Å². The summed E-state index contributed by atoms with van der Waals surface area (Å²) in [7, 11) is 0. The van der Waals surface area contributed by atoms with Gasteiger partial charge >= 0.3 is 0 Å². The van der Waals surface area contributed by atoms with Crippen molar-refractivity contribution < 1.29 is 9.18 Å². The minimum absolute atomic E-state index is 0.177. The molecule has 0 bridgehead atoms. The molecule has 1 N–H and O–H groups in total. The van der Waals surface area contributed by atoms with Crippen molar-refractivity contribution >= 4 is 22.4 Å². The number of nitrogens with zero attached hydrogens (tertiary/aromatic N) is 2. The summed E-state index contributed by atoms with van der Waals surface area (Å²) in [6, 6.07) is 12.4. The Kier molecular flexibility index (Phi) is 4.88. The summed E-state index contributed by atoms with van der Waals surface area (Å²) < 4.78 is 14.3. The number of unbranched alkanes of at least 4 members (excludes halogenated alkanes) is 1. The van der Waals surface area contributed by atoms with Crippen molar-refractivity contribution in [3.05, 3.63) is 70.4 Å². The fourth-order valence-electron chi connectivity index (χ4n) is 2.59. The van der Waals surface area contributed by atoms with Gasteiger partial charge in [0.25, 0.3) is 11.5 Å². The largest absolute Gasteiger partial charge is 0.321 e. The molecule has 5 nitrogen and oxygen atoms in total. The summed E-state index contributed by atoms with van der Waals surface area (Å²) in [5.41, 5.74) is 0.432. The Hall–Kier alpha value is -3.02. The third-order valence-electron chi connectivity index (χ3n) is 3.91. The normalized spacial score (nSPS) is 10.8. The first-order valence-electron chi connectivity index (χ1n) is 8.17. The van der Waals surface area contributed by atoms with Gasteiger partial charge in [-0.1, -0.05) is 31.5 Å². The third kappa shape index (κ3) is 3.57. The molecule has 0 aliphatic rings. The maximum Gasteiger partial charge on any atom is 0.276 e. The topological polar surface area (TPSA) is 64.0 Å². The number of hydrogen-bond donors (Lipinski definition) is 1. The molecule has 0 saturated carbocycles. The lowest BCUT2D eigenvalue weighted by molar-refractivity contribution is 0.102. The molecule has 3 aromatic rings. The number of amides is 1. The number of aryl methyl sites for hydroxylation is 1. The van der Waals surface area contributed by atoms with Crippen molar-refractivity contribution in [1.82, 2.24) is 9.78 Å². The Morgan fingerprint density at radius 3 is 2.48 bits per heavy atom. The molecule has 0 aliphatic heterocycles.